The number of aromatic nitrogens is 2. The molecule has 0 unspecified atom stereocenters. The zero-order valence-corrected chi connectivity index (χ0v) is 16.8. The van der Waals surface area contributed by atoms with Crippen LogP contribution in [-0.2, 0) is 4.79 Å². The maximum atomic E-state index is 14.2. The number of rotatable bonds is 4. The van der Waals surface area contributed by atoms with Crippen molar-refractivity contribution in [2.75, 3.05) is 54.4 Å². The molecule has 2 aliphatic heterocycles. The monoisotopic (exact) mass is 398 g/mol. The van der Waals surface area contributed by atoms with Crippen molar-refractivity contribution < 1.29 is 9.18 Å². The third-order valence-corrected chi connectivity index (χ3v) is 5.59. The number of hydrogen-bond donors (Lipinski definition) is 1. The highest BCUT2D eigenvalue weighted by atomic mass is 19.1. The van der Waals surface area contributed by atoms with Crippen LogP contribution in [0.4, 0.5) is 27.5 Å². The lowest BCUT2D eigenvalue weighted by atomic mass is 10.1. The number of nitrogens with one attached hydrogen (secondary N) is 1. The van der Waals surface area contributed by atoms with Gasteiger partial charge in [0.25, 0.3) is 0 Å². The highest BCUT2D eigenvalue weighted by Gasteiger charge is 2.19. The third kappa shape index (κ3) is 4.58. The number of carbonyl (C=O) groups is 1. The van der Waals surface area contributed by atoms with Gasteiger partial charge in [-0.05, 0) is 43.5 Å². The van der Waals surface area contributed by atoms with Crippen LogP contribution in [0, 0.1) is 5.82 Å². The van der Waals surface area contributed by atoms with E-state index in [0.29, 0.717) is 11.8 Å². The van der Waals surface area contributed by atoms with E-state index in [2.05, 4.69) is 20.2 Å². The lowest BCUT2D eigenvalue weighted by Crippen LogP contribution is -2.48. The van der Waals surface area contributed by atoms with Crippen molar-refractivity contribution in [2.24, 2.45) is 0 Å². The predicted molar refractivity (Wildman–Crippen MR) is 112 cm³/mol. The van der Waals surface area contributed by atoms with Crippen LogP contribution in [0.5, 0.6) is 0 Å². The number of hydrogen-bond acceptors (Lipinski definition) is 6. The topological polar surface area (TPSA) is 64.6 Å². The maximum Gasteiger partial charge on any atom is 0.229 e. The number of anilines is 4. The minimum Gasteiger partial charge on any atom is -0.368 e. The summed E-state index contributed by atoms with van der Waals surface area (Å²) in [7, 11) is 0. The molecule has 0 aliphatic carbocycles. The summed E-state index contributed by atoms with van der Waals surface area (Å²) in [6.07, 6.45) is 4.55. The van der Waals surface area contributed by atoms with E-state index in [1.165, 1.54) is 12.6 Å². The summed E-state index contributed by atoms with van der Waals surface area (Å²) < 4.78 is 14.2. The first kappa shape index (κ1) is 19.4. The zero-order valence-electron chi connectivity index (χ0n) is 16.8. The van der Waals surface area contributed by atoms with Crippen molar-refractivity contribution in [1.82, 2.24) is 14.9 Å². The molecule has 0 saturated carbocycles. The molecule has 154 valence electrons. The van der Waals surface area contributed by atoms with Gasteiger partial charge in [-0.3, -0.25) is 4.79 Å². The third-order valence-electron chi connectivity index (χ3n) is 5.59. The second kappa shape index (κ2) is 8.63. The molecule has 0 spiro atoms. The molecule has 0 radical (unpaired) electrons. The number of nitrogens with zero attached hydrogens (tertiary/aromatic N) is 5. The summed E-state index contributed by atoms with van der Waals surface area (Å²) >= 11 is 0. The molecule has 2 saturated heterocycles. The van der Waals surface area contributed by atoms with Gasteiger partial charge in [0.05, 0.1) is 6.20 Å². The Morgan fingerprint density at radius 3 is 2.31 bits per heavy atom. The Labute approximate surface area is 170 Å². The first-order chi connectivity index (χ1) is 14.1. The number of halogens is 1. The molecule has 8 heteroatoms. The fourth-order valence-electron chi connectivity index (χ4n) is 3.91. The average Bonchev–Trinajstić information content (AvgIpc) is 2.76. The summed E-state index contributed by atoms with van der Waals surface area (Å²) in [6.45, 7) is 6.43. The molecular formula is C21H27FN6O. The first-order valence-corrected chi connectivity index (χ1v) is 10.3. The lowest BCUT2D eigenvalue weighted by molar-refractivity contribution is -0.129. The first-order valence-electron chi connectivity index (χ1n) is 10.3. The van der Waals surface area contributed by atoms with E-state index >= 15 is 0 Å². The SMILES string of the molecule is CC(=O)N1CCN(c2ccc(Nc3ncc(F)c(N4CCCCC4)n3)cc2)CC1. The summed E-state index contributed by atoms with van der Waals surface area (Å²) in [5, 5.41) is 3.18. The minimum atomic E-state index is -0.377. The van der Waals surface area contributed by atoms with Gasteiger partial charge < -0.3 is 20.0 Å². The summed E-state index contributed by atoms with van der Waals surface area (Å²) in [5.74, 6) is 0.530. The Morgan fingerprint density at radius 2 is 1.66 bits per heavy atom. The van der Waals surface area contributed by atoms with E-state index in [1.54, 1.807) is 6.92 Å². The van der Waals surface area contributed by atoms with Crippen LogP contribution in [0.25, 0.3) is 0 Å². The zero-order chi connectivity index (χ0) is 20.2. The summed E-state index contributed by atoms with van der Waals surface area (Å²) in [6, 6.07) is 8.03. The van der Waals surface area contributed by atoms with E-state index in [0.717, 1.165) is 63.5 Å². The largest absolute Gasteiger partial charge is 0.368 e. The Kier molecular flexibility index (Phi) is 5.78. The van der Waals surface area contributed by atoms with Crippen molar-refractivity contribution in [3.63, 3.8) is 0 Å². The van der Waals surface area contributed by atoms with Crippen LogP contribution >= 0.6 is 0 Å². The van der Waals surface area contributed by atoms with Crippen LogP contribution in [0.1, 0.15) is 26.2 Å². The number of carbonyl (C=O) groups excluding carboxylic acids is 1. The van der Waals surface area contributed by atoms with Crippen LogP contribution in [0.3, 0.4) is 0 Å². The lowest BCUT2D eigenvalue weighted by Gasteiger charge is -2.35. The van der Waals surface area contributed by atoms with E-state index in [1.807, 2.05) is 34.1 Å². The molecule has 2 fully saturated rings. The molecule has 1 amide bonds. The quantitative estimate of drug-likeness (QED) is 0.854. The fourth-order valence-corrected chi connectivity index (χ4v) is 3.91. The van der Waals surface area contributed by atoms with Gasteiger partial charge in [-0.25, -0.2) is 9.37 Å². The predicted octanol–water partition coefficient (Wildman–Crippen LogP) is 3.02. The summed E-state index contributed by atoms with van der Waals surface area (Å²) in [5.41, 5.74) is 1.97. The van der Waals surface area contributed by atoms with Crippen molar-refractivity contribution in [3.8, 4) is 0 Å². The van der Waals surface area contributed by atoms with Gasteiger partial charge in [0.15, 0.2) is 11.6 Å². The number of amides is 1. The summed E-state index contributed by atoms with van der Waals surface area (Å²) in [4.78, 5) is 26.1. The Balaban J connectivity index is 1.41. The minimum absolute atomic E-state index is 0.132. The molecular weight excluding hydrogens is 371 g/mol. The number of piperidine rings is 1. The van der Waals surface area contributed by atoms with Gasteiger partial charge in [-0.2, -0.15) is 4.98 Å². The van der Waals surface area contributed by atoms with Gasteiger partial charge in [0.2, 0.25) is 11.9 Å². The van der Waals surface area contributed by atoms with Crippen LogP contribution in [0.2, 0.25) is 0 Å². The Morgan fingerprint density at radius 1 is 0.966 bits per heavy atom. The van der Waals surface area contributed by atoms with E-state index < -0.39 is 0 Å². The van der Waals surface area contributed by atoms with Crippen molar-refractivity contribution >= 4 is 29.0 Å². The highest BCUT2D eigenvalue weighted by Crippen LogP contribution is 2.24. The standard InChI is InChI=1S/C21H27FN6O/c1-16(29)26-11-13-27(14-12-26)18-7-5-17(6-8-18)24-21-23-15-19(22)20(25-21)28-9-3-2-4-10-28/h5-8,15H,2-4,9-14H2,1H3,(H,23,24,25). The highest BCUT2D eigenvalue weighted by molar-refractivity contribution is 5.73. The Bertz CT molecular complexity index is 845. The van der Waals surface area contributed by atoms with Crippen molar-refractivity contribution in [2.45, 2.75) is 26.2 Å². The molecule has 0 bridgehead atoms. The van der Waals surface area contributed by atoms with E-state index in [9.17, 15) is 9.18 Å². The van der Waals surface area contributed by atoms with Crippen LogP contribution < -0.4 is 15.1 Å². The normalized spacial score (nSPS) is 17.4. The molecule has 7 nitrogen and oxygen atoms in total. The average molecular weight is 398 g/mol. The molecule has 2 aromatic rings. The van der Waals surface area contributed by atoms with Gasteiger partial charge in [-0.15, -0.1) is 0 Å². The molecule has 1 aromatic carbocycles. The molecule has 29 heavy (non-hydrogen) atoms. The maximum absolute atomic E-state index is 14.2. The van der Waals surface area contributed by atoms with Crippen molar-refractivity contribution in [1.29, 1.82) is 0 Å². The van der Waals surface area contributed by atoms with E-state index in [4.69, 9.17) is 0 Å². The van der Waals surface area contributed by atoms with Gasteiger partial charge >= 0.3 is 0 Å². The van der Waals surface area contributed by atoms with E-state index in [-0.39, 0.29) is 11.7 Å². The molecule has 3 heterocycles. The van der Waals surface area contributed by atoms with Crippen LogP contribution in [-0.4, -0.2) is 60.0 Å². The van der Waals surface area contributed by atoms with Gasteiger partial charge in [0.1, 0.15) is 0 Å². The molecule has 1 N–H and O–H groups in total. The second-order valence-corrected chi connectivity index (χ2v) is 7.58. The number of piperazine rings is 1. The van der Waals surface area contributed by atoms with Gasteiger partial charge in [0, 0.05) is 57.6 Å². The number of benzene rings is 1. The fraction of sp³-hybridized carbons (Fsp3) is 0.476. The second-order valence-electron chi connectivity index (χ2n) is 7.58. The van der Waals surface area contributed by atoms with Crippen LogP contribution in [0.15, 0.2) is 30.5 Å². The molecule has 0 atom stereocenters. The Hall–Kier alpha value is -2.90. The molecule has 4 rings (SSSR count). The molecule has 1 aromatic heterocycles. The van der Waals surface area contributed by atoms with Gasteiger partial charge in [-0.1, -0.05) is 0 Å². The molecule has 2 aliphatic rings. The van der Waals surface area contributed by atoms with Crippen molar-refractivity contribution in [3.05, 3.63) is 36.3 Å². The smallest absolute Gasteiger partial charge is 0.229 e.